The Kier molecular flexibility index (Phi) is 4.96. The van der Waals surface area contributed by atoms with E-state index in [2.05, 4.69) is 24.5 Å². The molecule has 1 aliphatic rings. The quantitative estimate of drug-likeness (QED) is 0.805. The van der Waals surface area contributed by atoms with Gasteiger partial charge in [0.1, 0.15) is 6.04 Å². The van der Waals surface area contributed by atoms with E-state index >= 15 is 0 Å². The number of para-hydroxylation sites is 1. The molecule has 1 saturated heterocycles. The zero-order valence-electron chi connectivity index (χ0n) is 12.8. The maximum absolute atomic E-state index is 12.0. The fourth-order valence-electron chi connectivity index (χ4n) is 2.58. The number of imide groups is 1. The summed E-state index contributed by atoms with van der Waals surface area (Å²) in [6.45, 7) is 7.09. The molecule has 2 N–H and O–H groups in total. The Labute approximate surface area is 125 Å². The first kappa shape index (κ1) is 15.5. The number of carbonyl (C=O) groups excluding carboxylic acids is 2. The summed E-state index contributed by atoms with van der Waals surface area (Å²) in [5, 5.41) is 5.80. The van der Waals surface area contributed by atoms with Crippen LogP contribution < -0.4 is 15.5 Å². The predicted molar refractivity (Wildman–Crippen MR) is 83.0 cm³/mol. The zero-order chi connectivity index (χ0) is 15.4. The van der Waals surface area contributed by atoms with Gasteiger partial charge in [-0.25, -0.2) is 0 Å². The van der Waals surface area contributed by atoms with Gasteiger partial charge in [0.25, 0.3) is 0 Å². The van der Waals surface area contributed by atoms with E-state index in [1.807, 2.05) is 36.1 Å². The van der Waals surface area contributed by atoms with Gasteiger partial charge in [-0.05, 0) is 18.1 Å². The molecule has 21 heavy (non-hydrogen) atoms. The Hall–Kier alpha value is -1.88. The number of rotatable bonds is 5. The lowest BCUT2D eigenvalue weighted by Gasteiger charge is -2.36. The van der Waals surface area contributed by atoms with Crippen LogP contribution in [0.3, 0.4) is 0 Å². The normalized spacial score (nSPS) is 19.0. The minimum atomic E-state index is -0.289. The van der Waals surface area contributed by atoms with Gasteiger partial charge in [-0.15, -0.1) is 0 Å². The summed E-state index contributed by atoms with van der Waals surface area (Å²) in [5.41, 5.74) is 2.06. The highest BCUT2D eigenvalue weighted by Crippen LogP contribution is 2.25. The average Bonchev–Trinajstić information content (AvgIpc) is 2.44. The highest BCUT2D eigenvalue weighted by Gasteiger charge is 2.33. The van der Waals surface area contributed by atoms with Gasteiger partial charge in [0, 0.05) is 18.3 Å². The highest BCUT2D eigenvalue weighted by molar-refractivity contribution is 6.04. The summed E-state index contributed by atoms with van der Waals surface area (Å²) in [6.07, 6.45) is 0.672. The van der Waals surface area contributed by atoms with E-state index in [-0.39, 0.29) is 24.4 Å². The monoisotopic (exact) mass is 289 g/mol. The van der Waals surface area contributed by atoms with Crippen molar-refractivity contribution in [2.24, 2.45) is 0 Å². The molecule has 1 atom stereocenters. The molecule has 1 unspecified atom stereocenters. The number of anilines is 1. The van der Waals surface area contributed by atoms with Crippen LogP contribution in [-0.2, 0) is 16.1 Å². The SMILES string of the molecule is CCC1C(=O)NC(=O)CN1c1ccccc1CNC(C)C. The molecule has 1 aromatic rings. The van der Waals surface area contributed by atoms with Crippen molar-refractivity contribution in [2.45, 2.75) is 45.8 Å². The molecular formula is C16H23N3O2. The third-order valence-corrected chi connectivity index (χ3v) is 3.64. The second-order valence-corrected chi connectivity index (χ2v) is 5.63. The number of nitrogens with one attached hydrogen (secondary N) is 2. The summed E-state index contributed by atoms with van der Waals surface area (Å²) in [5.74, 6) is -0.448. The van der Waals surface area contributed by atoms with Crippen molar-refractivity contribution in [1.82, 2.24) is 10.6 Å². The largest absolute Gasteiger partial charge is 0.350 e. The van der Waals surface area contributed by atoms with Gasteiger partial charge in [0.05, 0.1) is 6.54 Å². The van der Waals surface area contributed by atoms with Gasteiger partial charge in [-0.2, -0.15) is 0 Å². The number of hydrogen-bond acceptors (Lipinski definition) is 4. The lowest BCUT2D eigenvalue weighted by molar-refractivity contribution is -0.132. The molecule has 0 spiro atoms. The van der Waals surface area contributed by atoms with Crippen molar-refractivity contribution >= 4 is 17.5 Å². The molecule has 2 rings (SSSR count). The summed E-state index contributed by atoms with van der Waals surface area (Å²) in [6, 6.07) is 8.03. The van der Waals surface area contributed by atoms with Crippen molar-refractivity contribution in [3.8, 4) is 0 Å². The van der Waals surface area contributed by atoms with Gasteiger partial charge >= 0.3 is 0 Å². The lowest BCUT2D eigenvalue weighted by atomic mass is 10.0. The molecule has 0 saturated carbocycles. The van der Waals surface area contributed by atoms with E-state index in [1.54, 1.807) is 0 Å². The standard InChI is InChI=1S/C16H23N3O2/c1-4-13-16(21)18-15(20)10-19(13)14-8-6-5-7-12(14)9-17-11(2)3/h5-8,11,13,17H,4,9-10H2,1-3H3,(H,18,20,21). The van der Waals surface area contributed by atoms with Crippen LogP contribution in [0.15, 0.2) is 24.3 Å². The van der Waals surface area contributed by atoms with Crippen molar-refractivity contribution in [3.05, 3.63) is 29.8 Å². The zero-order valence-corrected chi connectivity index (χ0v) is 12.8. The van der Waals surface area contributed by atoms with E-state index in [1.165, 1.54) is 0 Å². The maximum Gasteiger partial charge on any atom is 0.249 e. The molecule has 0 aromatic heterocycles. The summed E-state index contributed by atoms with van der Waals surface area (Å²) < 4.78 is 0. The third kappa shape index (κ3) is 3.61. The van der Waals surface area contributed by atoms with Gasteiger partial charge in [0.2, 0.25) is 11.8 Å². The number of amides is 2. The number of hydrogen-bond donors (Lipinski definition) is 2. The maximum atomic E-state index is 12.0. The van der Waals surface area contributed by atoms with Crippen molar-refractivity contribution in [2.75, 3.05) is 11.4 Å². The summed E-state index contributed by atoms with van der Waals surface area (Å²) in [7, 11) is 0. The molecule has 1 aromatic carbocycles. The van der Waals surface area contributed by atoms with Crippen LogP contribution >= 0.6 is 0 Å². The van der Waals surface area contributed by atoms with E-state index in [0.29, 0.717) is 12.5 Å². The Bertz CT molecular complexity index is 528. The van der Waals surface area contributed by atoms with E-state index in [9.17, 15) is 9.59 Å². The average molecular weight is 289 g/mol. The fourth-order valence-corrected chi connectivity index (χ4v) is 2.58. The summed E-state index contributed by atoms with van der Waals surface area (Å²) >= 11 is 0. The van der Waals surface area contributed by atoms with Gasteiger partial charge < -0.3 is 10.2 Å². The number of nitrogens with zero attached hydrogens (tertiary/aromatic N) is 1. The van der Waals surface area contributed by atoms with Crippen LogP contribution in [0.25, 0.3) is 0 Å². The molecule has 114 valence electrons. The number of carbonyl (C=O) groups is 2. The highest BCUT2D eigenvalue weighted by atomic mass is 16.2. The third-order valence-electron chi connectivity index (χ3n) is 3.64. The van der Waals surface area contributed by atoms with E-state index in [0.717, 1.165) is 17.8 Å². The second-order valence-electron chi connectivity index (χ2n) is 5.63. The van der Waals surface area contributed by atoms with Crippen LogP contribution in [0.2, 0.25) is 0 Å². The van der Waals surface area contributed by atoms with Crippen LogP contribution in [-0.4, -0.2) is 30.4 Å². The molecule has 0 aliphatic carbocycles. The van der Waals surface area contributed by atoms with Crippen LogP contribution in [0, 0.1) is 0 Å². The Balaban J connectivity index is 2.30. The molecule has 5 heteroatoms. The lowest BCUT2D eigenvalue weighted by Crippen LogP contribution is -2.58. The van der Waals surface area contributed by atoms with Crippen LogP contribution in [0.1, 0.15) is 32.8 Å². The molecular weight excluding hydrogens is 266 g/mol. The number of piperazine rings is 1. The number of benzene rings is 1. The molecule has 1 fully saturated rings. The summed E-state index contributed by atoms with van der Waals surface area (Å²) in [4.78, 5) is 25.6. The van der Waals surface area contributed by atoms with Crippen LogP contribution in [0.5, 0.6) is 0 Å². The first-order valence-corrected chi connectivity index (χ1v) is 7.44. The van der Waals surface area contributed by atoms with Crippen LogP contribution in [0.4, 0.5) is 5.69 Å². The van der Waals surface area contributed by atoms with E-state index < -0.39 is 0 Å². The molecule has 1 aliphatic heterocycles. The topological polar surface area (TPSA) is 61.4 Å². The molecule has 0 radical (unpaired) electrons. The molecule has 0 bridgehead atoms. The predicted octanol–water partition coefficient (Wildman–Crippen LogP) is 1.43. The smallest absolute Gasteiger partial charge is 0.249 e. The van der Waals surface area contributed by atoms with Gasteiger partial charge in [-0.3, -0.25) is 14.9 Å². The van der Waals surface area contributed by atoms with Gasteiger partial charge in [0.15, 0.2) is 0 Å². The van der Waals surface area contributed by atoms with Crippen molar-refractivity contribution < 1.29 is 9.59 Å². The van der Waals surface area contributed by atoms with Crippen molar-refractivity contribution in [3.63, 3.8) is 0 Å². The first-order chi connectivity index (χ1) is 10.0. The first-order valence-electron chi connectivity index (χ1n) is 7.44. The minimum Gasteiger partial charge on any atom is -0.350 e. The Morgan fingerprint density at radius 1 is 1.33 bits per heavy atom. The van der Waals surface area contributed by atoms with Gasteiger partial charge in [-0.1, -0.05) is 39.0 Å². The Morgan fingerprint density at radius 2 is 2.05 bits per heavy atom. The fraction of sp³-hybridized carbons (Fsp3) is 0.500. The molecule has 5 nitrogen and oxygen atoms in total. The minimum absolute atomic E-state index is 0.208. The Morgan fingerprint density at radius 3 is 2.71 bits per heavy atom. The molecule has 2 amide bonds. The second kappa shape index (κ2) is 6.72. The molecule has 1 heterocycles. The van der Waals surface area contributed by atoms with Crippen molar-refractivity contribution in [1.29, 1.82) is 0 Å². The van der Waals surface area contributed by atoms with E-state index in [4.69, 9.17) is 0 Å².